The number of benzene rings is 1. The van der Waals surface area contributed by atoms with Crippen LogP contribution >= 0.6 is 11.6 Å². The molecule has 0 aliphatic rings. The van der Waals surface area contributed by atoms with Crippen molar-refractivity contribution < 1.29 is 4.74 Å². The van der Waals surface area contributed by atoms with E-state index < -0.39 is 0 Å². The maximum atomic E-state index is 6.10. The van der Waals surface area contributed by atoms with Gasteiger partial charge in [-0.2, -0.15) is 0 Å². The second kappa shape index (κ2) is 7.01. The van der Waals surface area contributed by atoms with E-state index in [4.69, 9.17) is 22.1 Å². The second-order valence-corrected chi connectivity index (χ2v) is 5.35. The van der Waals surface area contributed by atoms with Gasteiger partial charge in [-0.05, 0) is 55.8 Å². The highest BCUT2D eigenvalue weighted by Crippen LogP contribution is 2.31. The van der Waals surface area contributed by atoms with E-state index in [1.165, 1.54) is 0 Å². The first-order chi connectivity index (χ1) is 8.56. The minimum Gasteiger partial charge on any atom is -0.492 e. The van der Waals surface area contributed by atoms with Gasteiger partial charge in [0.2, 0.25) is 0 Å². The molecule has 1 aromatic rings. The minimum atomic E-state index is 0.205. The summed E-state index contributed by atoms with van der Waals surface area (Å²) >= 11 is 6.10. The van der Waals surface area contributed by atoms with Crippen LogP contribution < -0.4 is 10.5 Å². The quantitative estimate of drug-likeness (QED) is 0.806. The molecule has 0 aliphatic heterocycles. The van der Waals surface area contributed by atoms with E-state index in [2.05, 4.69) is 13.8 Å². The minimum absolute atomic E-state index is 0.205. The summed E-state index contributed by atoms with van der Waals surface area (Å²) in [4.78, 5) is 0. The van der Waals surface area contributed by atoms with Crippen molar-refractivity contribution in [2.45, 2.75) is 40.0 Å². The van der Waals surface area contributed by atoms with Crippen molar-refractivity contribution in [3.8, 4) is 5.75 Å². The lowest BCUT2D eigenvalue weighted by molar-refractivity contribution is 0.187. The Balaban J connectivity index is 2.57. The molecule has 0 aliphatic carbocycles. The Labute approximate surface area is 115 Å². The van der Waals surface area contributed by atoms with Gasteiger partial charge in [-0.15, -0.1) is 0 Å². The number of nitrogens with two attached hydrogens (primary N) is 1. The van der Waals surface area contributed by atoms with Crippen molar-refractivity contribution in [3.05, 3.63) is 28.8 Å². The van der Waals surface area contributed by atoms with Crippen LogP contribution in [0.4, 0.5) is 0 Å². The SMILES string of the molecule is CCC(CC)(CN)CCOc1cc(C)ccc1Cl. The molecule has 0 bridgehead atoms. The molecule has 0 aromatic heterocycles. The molecule has 3 heteroatoms. The summed E-state index contributed by atoms with van der Waals surface area (Å²) in [6, 6.07) is 5.84. The smallest absolute Gasteiger partial charge is 0.138 e. The molecule has 0 spiro atoms. The Morgan fingerprint density at radius 2 is 1.94 bits per heavy atom. The molecule has 0 fully saturated rings. The summed E-state index contributed by atoms with van der Waals surface area (Å²) in [5.41, 5.74) is 7.24. The first kappa shape index (κ1) is 15.3. The number of hydrogen-bond donors (Lipinski definition) is 1. The van der Waals surface area contributed by atoms with Crippen molar-refractivity contribution in [2.75, 3.05) is 13.2 Å². The van der Waals surface area contributed by atoms with Gasteiger partial charge >= 0.3 is 0 Å². The Morgan fingerprint density at radius 3 is 2.50 bits per heavy atom. The average molecular weight is 270 g/mol. The Kier molecular flexibility index (Phi) is 5.97. The number of halogens is 1. The van der Waals surface area contributed by atoms with Crippen LogP contribution in [0.25, 0.3) is 0 Å². The highest BCUT2D eigenvalue weighted by atomic mass is 35.5. The first-order valence-electron chi connectivity index (χ1n) is 6.66. The highest BCUT2D eigenvalue weighted by molar-refractivity contribution is 6.32. The van der Waals surface area contributed by atoms with Gasteiger partial charge in [0.05, 0.1) is 11.6 Å². The zero-order chi connectivity index (χ0) is 13.6. The molecule has 1 rings (SSSR count). The lowest BCUT2D eigenvalue weighted by atomic mass is 9.80. The molecule has 0 radical (unpaired) electrons. The fourth-order valence-electron chi connectivity index (χ4n) is 2.09. The first-order valence-corrected chi connectivity index (χ1v) is 7.03. The predicted molar refractivity (Wildman–Crippen MR) is 78.4 cm³/mol. The van der Waals surface area contributed by atoms with Crippen molar-refractivity contribution in [3.63, 3.8) is 0 Å². The third kappa shape index (κ3) is 3.89. The van der Waals surface area contributed by atoms with Gasteiger partial charge in [0.1, 0.15) is 5.75 Å². The van der Waals surface area contributed by atoms with E-state index in [1.54, 1.807) is 0 Å². The van der Waals surface area contributed by atoms with E-state index >= 15 is 0 Å². The van der Waals surface area contributed by atoms with E-state index in [1.807, 2.05) is 25.1 Å². The molecule has 0 unspecified atom stereocenters. The zero-order valence-corrected chi connectivity index (χ0v) is 12.4. The van der Waals surface area contributed by atoms with Crippen molar-refractivity contribution in [2.24, 2.45) is 11.1 Å². The molecule has 1 aromatic carbocycles. The summed E-state index contributed by atoms with van der Waals surface area (Å²) in [5, 5.41) is 0.673. The van der Waals surface area contributed by atoms with Gasteiger partial charge in [0.15, 0.2) is 0 Å². The van der Waals surface area contributed by atoms with E-state index in [9.17, 15) is 0 Å². The van der Waals surface area contributed by atoms with Crippen LogP contribution in [-0.4, -0.2) is 13.2 Å². The van der Waals surface area contributed by atoms with Gasteiger partial charge in [-0.1, -0.05) is 31.5 Å². The average Bonchev–Trinajstić information content (AvgIpc) is 2.39. The van der Waals surface area contributed by atoms with Gasteiger partial charge in [-0.25, -0.2) is 0 Å². The molecule has 2 N–H and O–H groups in total. The molecule has 18 heavy (non-hydrogen) atoms. The molecule has 0 saturated heterocycles. The standard InChI is InChI=1S/C15H24ClNO/c1-4-15(5-2,11-17)8-9-18-14-10-12(3)6-7-13(14)16/h6-7,10H,4-5,8-9,11,17H2,1-3H3. The normalized spacial score (nSPS) is 11.6. The topological polar surface area (TPSA) is 35.2 Å². The summed E-state index contributed by atoms with van der Waals surface area (Å²) < 4.78 is 5.79. The maximum Gasteiger partial charge on any atom is 0.138 e. The lowest BCUT2D eigenvalue weighted by Gasteiger charge is -2.30. The van der Waals surface area contributed by atoms with Crippen LogP contribution in [-0.2, 0) is 0 Å². The molecule has 0 saturated carbocycles. The van der Waals surface area contributed by atoms with Crippen LogP contribution in [0.15, 0.2) is 18.2 Å². The summed E-state index contributed by atoms with van der Waals surface area (Å²) in [6.07, 6.45) is 3.15. The third-order valence-corrected chi connectivity index (χ3v) is 4.22. The summed E-state index contributed by atoms with van der Waals surface area (Å²) in [7, 11) is 0. The molecular formula is C15H24ClNO. The number of rotatable bonds is 7. The summed E-state index contributed by atoms with van der Waals surface area (Å²) in [6.45, 7) is 7.80. The van der Waals surface area contributed by atoms with E-state index in [0.29, 0.717) is 18.2 Å². The van der Waals surface area contributed by atoms with Crippen LogP contribution in [0.3, 0.4) is 0 Å². The fourth-order valence-corrected chi connectivity index (χ4v) is 2.27. The van der Waals surface area contributed by atoms with Gasteiger partial charge in [0, 0.05) is 0 Å². The van der Waals surface area contributed by atoms with Crippen molar-refractivity contribution in [1.82, 2.24) is 0 Å². The number of ether oxygens (including phenoxy) is 1. The molecule has 0 heterocycles. The second-order valence-electron chi connectivity index (χ2n) is 4.94. The highest BCUT2D eigenvalue weighted by Gasteiger charge is 2.24. The summed E-state index contributed by atoms with van der Waals surface area (Å²) in [5.74, 6) is 0.773. The monoisotopic (exact) mass is 269 g/mol. The molecule has 0 amide bonds. The predicted octanol–water partition coefficient (Wildman–Crippen LogP) is 4.18. The number of hydrogen-bond acceptors (Lipinski definition) is 2. The zero-order valence-electron chi connectivity index (χ0n) is 11.6. The fraction of sp³-hybridized carbons (Fsp3) is 0.600. The number of aryl methyl sites for hydroxylation is 1. The maximum absolute atomic E-state index is 6.10. The lowest BCUT2D eigenvalue weighted by Crippen LogP contribution is -2.31. The van der Waals surface area contributed by atoms with Crippen LogP contribution in [0.2, 0.25) is 5.02 Å². The molecular weight excluding hydrogens is 246 g/mol. The van der Waals surface area contributed by atoms with Crippen LogP contribution in [0.5, 0.6) is 5.75 Å². The third-order valence-electron chi connectivity index (χ3n) is 3.91. The van der Waals surface area contributed by atoms with E-state index in [-0.39, 0.29) is 5.41 Å². The Morgan fingerprint density at radius 1 is 1.28 bits per heavy atom. The van der Waals surface area contributed by atoms with Crippen LogP contribution in [0.1, 0.15) is 38.7 Å². The Bertz CT molecular complexity index is 366. The molecule has 102 valence electrons. The largest absolute Gasteiger partial charge is 0.492 e. The van der Waals surface area contributed by atoms with Gasteiger partial charge in [-0.3, -0.25) is 0 Å². The Hall–Kier alpha value is -0.730. The molecule has 2 nitrogen and oxygen atoms in total. The van der Waals surface area contributed by atoms with Crippen molar-refractivity contribution in [1.29, 1.82) is 0 Å². The van der Waals surface area contributed by atoms with Crippen molar-refractivity contribution >= 4 is 11.6 Å². The van der Waals surface area contributed by atoms with Gasteiger partial charge < -0.3 is 10.5 Å². The van der Waals surface area contributed by atoms with Crippen LogP contribution in [0, 0.1) is 12.3 Å². The molecule has 0 atom stereocenters. The van der Waals surface area contributed by atoms with E-state index in [0.717, 1.165) is 30.6 Å². The van der Waals surface area contributed by atoms with Gasteiger partial charge in [0.25, 0.3) is 0 Å².